The summed E-state index contributed by atoms with van der Waals surface area (Å²) in [6, 6.07) is 14.1. The van der Waals surface area contributed by atoms with Crippen LogP contribution >= 0.6 is 0 Å². The van der Waals surface area contributed by atoms with E-state index < -0.39 is 0 Å². The third kappa shape index (κ3) is 2.05. The van der Waals surface area contributed by atoms with Crippen LogP contribution in [-0.4, -0.2) is 14.8 Å². The summed E-state index contributed by atoms with van der Waals surface area (Å²) in [7, 11) is 1.86. The molecule has 100 valence electrons. The summed E-state index contributed by atoms with van der Waals surface area (Å²) < 4.78 is 1.72. The summed E-state index contributed by atoms with van der Waals surface area (Å²) in [5, 5.41) is 4.56. The minimum Gasteiger partial charge on any atom is -0.383 e. The zero-order valence-corrected chi connectivity index (χ0v) is 11.5. The van der Waals surface area contributed by atoms with Crippen molar-refractivity contribution < 1.29 is 0 Å². The van der Waals surface area contributed by atoms with E-state index in [2.05, 4.69) is 10.1 Å². The number of rotatable bonds is 2. The maximum atomic E-state index is 6.20. The van der Waals surface area contributed by atoms with Crippen molar-refractivity contribution in [3.05, 3.63) is 54.4 Å². The number of nitrogens with zero attached hydrogens (tertiary/aromatic N) is 3. The minimum absolute atomic E-state index is 0.667. The second kappa shape index (κ2) is 4.81. The van der Waals surface area contributed by atoms with E-state index in [-0.39, 0.29) is 0 Å². The standard InChI is InChI=1S/C16H16N4/c1-11-10-13(8-9-18-11)15-14(16(17)20(2)19-15)12-6-4-3-5-7-12/h3-10H,17H2,1-2H3. The molecular formula is C16H16N4. The van der Waals surface area contributed by atoms with Gasteiger partial charge in [0.25, 0.3) is 0 Å². The second-order valence-corrected chi connectivity index (χ2v) is 4.78. The monoisotopic (exact) mass is 264 g/mol. The molecule has 0 saturated heterocycles. The van der Waals surface area contributed by atoms with Crippen LogP contribution in [0.1, 0.15) is 5.69 Å². The van der Waals surface area contributed by atoms with Gasteiger partial charge in [0, 0.05) is 24.5 Å². The molecule has 3 rings (SSSR count). The molecule has 0 bridgehead atoms. The number of nitrogens with two attached hydrogens (primary N) is 1. The second-order valence-electron chi connectivity index (χ2n) is 4.78. The lowest BCUT2D eigenvalue weighted by atomic mass is 10.0. The minimum atomic E-state index is 0.667. The highest BCUT2D eigenvalue weighted by atomic mass is 15.3. The van der Waals surface area contributed by atoms with Gasteiger partial charge in [-0.25, -0.2) is 0 Å². The van der Waals surface area contributed by atoms with Gasteiger partial charge in [0.2, 0.25) is 0 Å². The van der Waals surface area contributed by atoms with Crippen LogP contribution in [0.5, 0.6) is 0 Å². The zero-order chi connectivity index (χ0) is 14.1. The first-order valence-corrected chi connectivity index (χ1v) is 6.47. The van der Waals surface area contributed by atoms with Gasteiger partial charge in [-0.2, -0.15) is 5.10 Å². The average molecular weight is 264 g/mol. The van der Waals surface area contributed by atoms with E-state index in [1.54, 1.807) is 10.9 Å². The molecule has 0 aliphatic carbocycles. The van der Waals surface area contributed by atoms with Gasteiger partial charge in [-0.15, -0.1) is 0 Å². The van der Waals surface area contributed by atoms with Crippen LogP contribution in [0.15, 0.2) is 48.7 Å². The fraction of sp³-hybridized carbons (Fsp3) is 0.125. The first-order chi connectivity index (χ1) is 9.66. The van der Waals surface area contributed by atoms with Crippen LogP contribution in [0.2, 0.25) is 0 Å². The van der Waals surface area contributed by atoms with Gasteiger partial charge in [-0.05, 0) is 24.6 Å². The molecule has 0 atom stereocenters. The molecule has 2 heterocycles. The smallest absolute Gasteiger partial charge is 0.129 e. The molecule has 3 aromatic rings. The Labute approximate surface area is 117 Å². The third-order valence-electron chi connectivity index (χ3n) is 3.32. The fourth-order valence-electron chi connectivity index (χ4n) is 2.32. The van der Waals surface area contributed by atoms with Crippen LogP contribution in [0.4, 0.5) is 5.82 Å². The Morgan fingerprint density at radius 2 is 1.80 bits per heavy atom. The predicted molar refractivity (Wildman–Crippen MR) is 81.0 cm³/mol. The van der Waals surface area contributed by atoms with Crippen LogP contribution in [0.25, 0.3) is 22.4 Å². The average Bonchev–Trinajstić information content (AvgIpc) is 2.76. The number of aryl methyl sites for hydroxylation is 2. The van der Waals surface area contributed by atoms with Crippen LogP contribution < -0.4 is 5.73 Å². The lowest BCUT2D eigenvalue weighted by molar-refractivity contribution is 0.782. The number of aromatic nitrogens is 3. The van der Waals surface area contributed by atoms with Crippen molar-refractivity contribution in [1.29, 1.82) is 0 Å². The highest BCUT2D eigenvalue weighted by Crippen LogP contribution is 2.35. The van der Waals surface area contributed by atoms with Gasteiger partial charge in [0.1, 0.15) is 11.5 Å². The topological polar surface area (TPSA) is 56.7 Å². The van der Waals surface area contributed by atoms with Crippen molar-refractivity contribution in [3.8, 4) is 22.4 Å². The first kappa shape index (κ1) is 12.4. The molecule has 4 nitrogen and oxygen atoms in total. The Kier molecular flexibility index (Phi) is 2.99. The maximum absolute atomic E-state index is 6.20. The van der Waals surface area contributed by atoms with Crippen LogP contribution in [0.3, 0.4) is 0 Å². The molecule has 1 aromatic carbocycles. The number of benzene rings is 1. The van der Waals surface area contributed by atoms with E-state index in [1.807, 2.05) is 56.4 Å². The molecule has 0 fully saturated rings. The van der Waals surface area contributed by atoms with Gasteiger partial charge in [0.15, 0.2) is 0 Å². The number of hydrogen-bond donors (Lipinski definition) is 1. The highest BCUT2D eigenvalue weighted by molar-refractivity contribution is 5.88. The van der Waals surface area contributed by atoms with Crippen LogP contribution in [-0.2, 0) is 7.05 Å². The van der Waals surface area contributed by atoms with Crippen molar-refractivity contribution in [2.75, 3.05) is 5.73 Å². The van der Waals surface area contributed by atoms with E-state index in [1.165, 1.54) is 0 Å². The summed E-state index contributed by atoms with van der Waals surface area (Å²) >= 11 is 0. The molecule has 20 heavy (non-hydrogen) atoms. The summed E-state index contributed by atoms with van der Waals surface area (Å²) in [4.78, 5) is 4.23. The fourth-order valence-corrected chi connectivity index (χ4v) is 2.32. The summed E-state index contributed by atoms with van der Waals surface area (Å²) in [6.07, 6.45) is 1.80. The van der Waals surface area contributed by atoms with E-state index in [9.17, 15) is 0 Å². The van der Waals surface area contributed by atoms with E-state index in [4.69, 9.17) is 5.73 Å². The van der Waals surface area contributed by atoms with Gasteiger partial charge in [0.05, 0.1) is 5.56 Å². The molecule has 0 aliphatic heterocycles. The van der Waals surface area contributed by atoms with Crippen molar-refractivity contribution in [2.45, 2.75) is 6.92 Å². The number of nitrogen functional groups attached to an aromatic ring is 1. The number of pyridine rings is 1. The quantitative estimate of drug-likeness (QED) is 0.774. The zero-order valence-electron chi connectivity index (χ0n) is 11.5. The largest absolute Gasteiger partial charge is 0.383 e. The van der Waals surface area contributed by atoms with E-state index >= 15 is 0 Å². The number of hydrogen-bond acceptors (Lipinski definition) is 3. The van der Waals surface area contributed by atoms with Gasteiger partial charge in [-0.3, -0.25) is 9.67 Å². The Hall–Kier alpha value is -2.62. The van der Waals surface area contributed by atoms with Gasteiger partial charge in [-0.1, -0.05) is 30.3 Å². The van der Waals surface area contributed by atoms with Gasteiger partial charge < -0.3 is 5.73 Å². The number of anilines is 1. The molecule has 0 radical (unpaired) electrons. The summed E-state index contributed by atoms with van der Waals surface area (Å²) in [6.45, 7) is 1.97. The Morgan fingerprint density at radius 3 is 2.50 bits per heavy atom. The Bertz CT molecular complexity index is 744. The van der Waals surface area contributed by atoms with Crippen molar-refractivity contribution in [1.82, 2.24) is 14.8 Å². The lowest BCUT2D eigenvalue weighted by Gasteiger charge is -2.04. The van der Waals surface area contributed by atoms with E-state index in [0.717, 1.165) is 28.1 Å². The normalized spacial score (nSPS) is 10.7. The Morgan fingerprint density at radius 1 is 1.05 bits per heavy atom. The molecule has 2 N–H and O–H groups in total. The third-order valence-corrected chi connectivity index (χ3v) is 3.32. The molecule has 0 amide bonds. The van der Waals surface area contributed by atoms with Crippen LogP contribution in [0, 0.1) is 6.92 Å². The molecule has 0 aliphatic rings. The SMILES string of the molecule is Cc1cc(-c2nn(C)c(N)c2-c2ccccc2)ccn1. The van der Waals surface area contributed by atoms with E-state index in [0.29, 0.717) is 5.82 Å². The molecule has 0 saturated carbocycles. The molecule has 0 spiro atoms. The van der Waals surface area contributed by atoms with Crippen molar-refractivity contribution >= 4 is 5.82 Å². The molecule has 2 aromatic heterocycles. The molecular weight excluding hydrogens is 248 g/mol. The van der Waals surface area contributed by atoms with Gasteiger partial charge >= 0.3 is 0 Å². The predicted octanol–water partition coefficient (Wildman–Crippen LogP) is 3.04. The Balaban J connectivity index is 2.25. The molecule has 4 heteroatoms. The summed E-state index contributed by atoms with van der Waals surface area (Å²) in [5.41, 5.74) is 11.1. The summed E-state index contributed by atoms with van der Waals surface area (Å²) in [5.74, 6) is 0.667. The molecule has 0 unspecified atom stereocenters. The maximum Gasteiger partial charge on any atom is 0.129 e. The first-order valence-electron chi connectivity index (χ1n) is 6.47. The lowest BCUT2D eigenvalue weighted by Crippen LogP contribution is -1.97. The highest BCUT2D eigenvalue weighted by Gasteiger charge is 2.17. The van der Waals surface area contributed by atoms with Crippen molar-refractivity contribution in [2.24, 2.45) is 7.05 Å². The van der Waals surface area contributed by atoms with Crippen molar-refractivity contribution in [3.63, 3.8) is 0 Å².